The molecule has 0 radical (unpaired) electrons. The standard InChI is InChI=1S/C18H27N3/c1-4-14-6-5-7-16-15(12-20-17(14)16)13-21-10-8-18(2,19-3)9-11-21/h5-7,12,19-20H,4,8-11,13H2,1-3H3. The van der Waals surface area contributed by atoms with Crippen LogP contribution in [0.5, 0.6) is 0 Å². The molecule has 3 nitrogen and oxygen atoms in total. The van der Waals surface area contributed by atoms with Gasteiger partial charge in [-0.1, -0.05) is 25.1 Å². The number of benzene rings is 1. The maximum atomic E-state index is 3.49. The molecule has 1 aromatic carbocycles. The van der Waals surface area contributed by atoms with Crippen LogP contribution in [0.15, 0.2) is 24.4 Å². The summed E-state index contributed by atoms with van der Waals surface area (Å²) in [4.78, 5) is 6.07. The Morgan fingerprint density at radius 3 is 2.67 bits per heavy atom. The highest BCUT2D eigenvalue weighted by atomic mass is 15.1. The van der Waals surface area contributed by atoms with Gasteiger partial charge in [-0.2, -0.15) is 0 Å². The topological polar surface area (TPSA) is 31.1 Å². The third-order valence-corrected chi connectivity index (χ3v) is 5.23. The lowest BCUT2D eigenvalue weighted by atomic mass is 9.90. The summed E-state index contributed by atoms with van der Waals surface area (Å²) >= 11 is 0. The smallest absolute Gasteiger partial charge is 0.0489 e. The van der Waals surface area contributed by atoms with Crippen LogP contribution in [0.3, 0.4) is 0 Å². The van der Waals surface area contributed by atoms with E-state index in [1.165, 1.54) is 48.0 Å². The minimum absolute atomic E-state index is 0.325. The predicted molar refractivity (Wildman–Crippen MR) is 89.7 cm³/mol. The molecule has 0 bridgehead atoms. The number of aromatic nitrogens is 1. The fraction of sp³-hybridized carbons (Fsp3) is 0.556. The largest absolute Gasteiger partial charge is 0.361 e. The van der Waals surface area contributed by atoms with Gasteiger partial charge in [-0.15, -0.1) is 0 Å². The number of fused-ring (bicyclic) bond motifs is 1. The molecule has 3 heteroatoms. The van der Waals surface area contributed by atoms with Crippen LogP contribution in [-0.4, -0.2) is 35.6 Å². The van der Waals surface area contributed by atoms with Gasteiger partial charge in [0.25, 0.3) is 0 Å². The average molecular weight is 285 g/mol. The van der Waals surface area contributed by atoms with Crippen molar-refractivity contribution in [3.63, 3.8) is 0 Å². The summed E-state index contributed by atoms with van der Waals surface area (Å²) in [6.07, 6.45) is 5.75. The molecule has 2 aromatic rings. The Morgan fingerprint density at radius 2 is 2.00 bits per heavy atom. The van der Waals surface area contributed by atoms with E-state index < -0.39 is 0 Å². The van der Waals surface area contributed by atoms with Crippen LogP contribution >= 0.6 is 0 Å². The Labute approximate surface area is 127 Å². The number of nitrogens with one attached hydrogen (secondary N) is 2. The van der Waals surface area contributed by atoms with Crippen molar-refractivity contribution >= 4 is 10.9 Å². The van der Waals surface area contributed by atoms with E-state index in [0.29, 0.717) is 5.54 Å². The monoisotopic (exact) mass is 285 g/mol. The first-order valence-electron chi connectivity index (χ1n) is 8.14. The number of hydrogen-bond acceptors (Lipinski definition) is 2. The van der Waals surface area contributed by atoms with Crippen molar-refractivity contribution in [2.24, 2.45) is 0 Å². The number of aryl methyl sites for hydroxylation is 1. The van der Waals surface area contributed by atoms with Crippen molar-refractivity contribution in [2.75, 3.05) is 20.1 Å². The normalized spacial score (nSPS) is 19.2. The zero-order valence-corrected chi connectivity index (χ0v) is 13.5. The Balaban J connectivity index is 1.75. The minimum Gasteiger partial charge on any atom is -0.361 e. The SMILES string of the molecule is CCc1cccc2c(CN3CCC(C)(NC)CC3)c[nH]c12. The molecule has 1 fully saturated rings. The third-order valence-electron chi connectivity index (χ3n) is 5.23. The molecule has 1 aliphatic rings. The molecule has 1 aliphatic heterocycles. The van der Waals surface area contributed by atoms with Crippen LogP contribution in [0.25, 0.3) is 10.9 Å². The molecular weight excluding hydrogens is 258 g/mol. The maximum Gasteiger partial charge on any atom is 0.0489 e. The first-order chi connectivity index (χ1) is 10.1. The van der Waals surface area contributed by atoms with Crippen LogP contribution in [0.1, 0.15) is 37.8 Å². The summed E-state index contributed by atoms with van der Waals surface area (Å²) in [5.74, 6) is 0. The van der Waals surface area contributed by atoms with E-state index in [0.717, 1.165) is 13.0 Å². The van der Waals surface area contributed by atoms with E-state index in [1.54, 1.807) is 0 Å². The number of nitrogens with zero attached hydrogens (tertiary/aromatic N) is 1. The van der Waals surface area contributed by atoms with Gasteiger partial charge < -0.3 is 10.3 Å². The Bertz CT molecular complexity index is 606. The van der Waals surface area contributed by atoms with E-state index in [9.17, 15) is 0 Å². The van der Waals surface area contributed by atoms with Crippen molar-refractivity contribution in [1.29, 1.82) is 0 Å². The third kappa shape index (κ3) is 2.85. The number of hydrogen-bond donors (Lipinski definition) is 2. The van der Waals surface area contributed by atoms with Gasteiger partial charge in [0, 0.05) is 42.3 Å². The zero-order valence-electron chi connectivity index (χ0n) is 13.5. The molecule has 2 N–H and O–H groups in total. The highest BCUT2D eigenvalue weighted by molar-refractivity contribution is 5.86. The van der Waals surface area contributed by atoms with Crippen molar-refractivity contribution in [2.45, 2.75) is 45.2 Å². The summed E-state index contributed by atoms with van der Waals surface area (Å²) in [6.45, 7) is 7.98. The molecule has 21 heavy (non-hydrogen) atoms. The highest BCUT2D eigenvalue weighted by Gasteiger charge is 2.28. The fourth-order valence-electron chi connectivity index (χ4n) is 3.40. The fourth-order valence-corrected chi connectivity index (χ4v) is 3.40. The molecule has 114 valence electrons. The molecule has 3 rings (SSSR count). The van der Waals surface area contributed by atoms with E-state index in [1.807, 2.05) is 0 Å². The molecular formula is C18H27N3. The second kappa shape index (κ2) is 5.82. The Kier molecular flexibility index (Phi) is 4.05. The highest BCUT2D eigenvalue weighted by Crippen LogP contribution is 2.26. The van der Waals surface area contributed by atoms with Crippen LogP contribution in [-0.2, 0) is 13.0 Å². The first-order valence-corrected chi connectivity index (χ1v) is 8.14. The van der Waals surface area contributed by atoms with Gasteiger partial charge in [0.2, 0.25) is 0 Å². The number of rotatable bonds is 4. The van der Waals surface area contributed by atoms with Gasteiger partial charge in [-0.3, -0.25) is 4.90 Å². The van der Waals surface area contributed by atoms with Crippen molar-refractivity contribution in [1.82, 2.24) is 15.2 Å². The van der Waals surface area contributed by atoms with Gasteiger partial charge in [0.1, 0.15) is 0 Å². The van der Waals surface area contributed by atoms with E-state index in [4.69, 9.17) is 0 Å². The van der Waals surface area contributed by atoms with Crippen molar-refractivity contribution in [3.8, 4) is 0 Å². The number of para-hydroxylation sites is 1. The number of likely N-dealkylation sites (tertiary alicyclic amines) is 1. The second-order valence-corrected chi connectivity index (χ2v) is 6.59. The number of H-pyrrole nitrogens is 1. The van der Waals surface area contributed by atoms with Crippen molar-refractivity contribution < 1.29 is 0 Å². The lowest BCUT2D eigenvalue weighted by Gasteiger charge is -2.39. The van der Waals surface area contributed by atoms with Crippen LogP contribution in [0, 0.1) is 0 Å². The Morgan fingerprint density at radius 1 is 1.24 bits per heavy atom. The Hall–Kier alpha value is -1.32. The molecule has 0 atom stereocenters. The minimum atomic E-state index is 0.325. The summed E-state index contributed by atoms with van der Waals surface area (Å²) in [5.41, 5.74) is 4.51. The molecule has 0 aliphatic carbocycles. The van der Waals surface area contributed by atoms with Gasteiger partial charge in [-0.05, 0) is 44.4 Å². The lowest BCUT2D eigenvalue weighted by Crippen LogP contribution is -2.49. The molecule has 0 amide bonds. The quantitative estimate of drug-likeness (QED) is 0.903. The van der Waals surface area contributed by atoms with Crippen LogP contribution in [0.4, 0.5) is 0 Å². The van der Waals surface area contributed by atoms with E-state index in [-0.39, 0.29) is 0 Å². The number of aromatic amines is 1. The van der Waals surface area contributed by atoms with E-state index in [2.05, 4.69) is 60.5 Å². The maximum absolute atomic E-state index is 3.49. The van der Waals surface area contributed by atoms with Crippen LogP contribution < -0.4 is 5.32 Å². The average Bonchev–Trinajstić information content (AvgIpc) is 2.93. The van der Waals surface area contributed by atoms with Crippen molar-refractivity contribution in [3.05, 3.63) is 35.5 Å². The molecule has 1 saturated heterocycles. The molecule has 2 heterocycles. The van der Waals surface area contributed by atoms with Gasteiger partial charge in [0.05, 0.1) is 0 Å². The summed E-state index contributed by atoms with van der Waals surface area (Å²) in [5, 5.41) is 4.87. The summed E-state index contributed by atoms with van der Waals surface area (Å²) in [7, 11) is 2.08. The first kappa shape index (κ1) is 14.6. The molecule has 0 saturated carbocycles. The number of piperidine rings is 1. The molecule has 1 aromatic heterocycles. The van der Waals surface area contributed by atoms with Gasteiger partial charge in [-0.25, -0.2) is 0 Å². The molecule has 0 unspecified atom stereocenters. The summed E-state index contributed by atoms with van der Waals surface area (Å²) < 4.78 is 0. The lowest BCUT2D eigenvalue weighted by molar-refractivity contribution is 0.147. The molecule has 0 spiro atoms. The zero-order chi connectivity index (χ0) is 14.9. The second-order valence-electron chi connectivity index (χ2n) is 6.59. The van der Waals surface area contributed by atoms with Crippen LogP contribution in [0.2, 0.25) is 0 Å². The van der Waals surface area contributed by atoms with Gasteiger partial charge >= 0.3 is 0 Å². The predicted octanol–water partition coefficient (Wildman–Crippen LogP) is 3.30. The van der Waals surface area contributed by atoms with E-state index >= 15 is 0 Å². The van der Waals surface area contributed by atoms with Gasteiger partial charge in [0.15, 0.2) is 0 Å². The summed E-state index contributed by atoms with van der Waals surface area (Å²) in [6, 6.07) is 6.66.